The van der Waals surface area contributed by atoms with Gasteiger partial charge in [-0.3, -0.25) is 4.68 Å². The van der Waals surface area contributed by atoms with Gasteiger partial charge < -0.3 is 13.9 Å². The van der Waals surface area contributed by atoms with Crippen LogP contribution in [-0.2, 0) is 19.5 Å². The number of piperidine rings is 1. The average Bonchev–Trinajstić information content (AvgIpc) is 3.21. The van der Waals surface area contributed by atoms with Crippen molar-refractivity contribution in [3.63, 3.8) is 0 Å². The Kier molecular flexibility index (Phi) is 4.65. The molecule has 2 atom stereocenters. The Bertz CT molecular complexity index is 1290. The number of fused-ring (bicyclic) bond motifs is 2. The molecular formula is C23H27N7OS. The van der Waals surface area contributed by atoms with E-state index in [1.807, 2.05) is 36.5 Å². The topological polar surface area (TPSA) is 77.8 Å². The molecule has 166 valence electrons. The van der Waals surface area contributed by atoms with Crippen LogP contribution in [0.3, 0.4) is 0 Å². The molecule has 6 rings (SSSR count). The van der Waals surface area contributed by atoms with Crippen molar-refractivity contribution in [3.8, 4) is 11.6 Å². The number of rotatable bonds is 7. The number of likely N-dealkylation sites (tertiary alicyclic amines) is 1. The zero-order chi connectivity index (χ0) is 21.9. The second-order valence-corrected chi connectivity index (χ2v) is 10.2. The SMILES string of the molecule is Cc1ncoc1-c1nnc(SCCCN2C[C@H]3CC3(c3ccc4c(cnn4C)c3)C2)n1C. The largest absolute Gasteiger partial charge is 0.440 e. The van der Waals surface area contributed by atoms with E-state index >= 15 is 0 Å². The number of hydrogen-bond acceptors (Lipinski definition) is 7. The number of benzene rings is 1. The predicted molar refractivity (Wildman–Crippen MR) is 124 cm³/mol. The number of hydrogen-bond donors (Lipinski definition) is 0. The highest BCUT2D eigenvalue weighted by atomic mass is 32.2. The highest BCUT2D eigenvalue weighted by Gasteiger charge is 2.60. The zero-order valence-electron chi connectivity index (χ0n) is 18.7. The maximum Gasteiger partial charge on any atom is 0.202 e. The third-order valence-electron chi connectivity index (χ3n) is 7.17. The summed E-state index contributed by atoms with van der Waals surface area (Å²) in [6.07, 6.45) is 5.90. The Balaban J connectivity index is 1.04. The Morgan fingerprint density at radius 1 is 1.25 bits per heavy atom. The Morgan fingerprint density at radius 2 is 2.16 bits per heavy atom. The van der Waals surface area contributed by atoms with Crippen molar-refractivity contribution < 1.29 is 4.42 Å². The molecule has 0 bridgehead atoms. The Labute approximate surface area is 191 Å². The highest BCUT2D eigenvalue weighted by Crippen LogP contribution is 2.59. The van der Waals surface area contributed by atoms with Gasteiger partial charge in [0.2, 0.25) is 5.82 Å². The van der Waals surface area contributed by atoms with Gasteiger partial charge >= 0.3 is 0 Å². The molecular weight excluding hydrogens is 422 g/mol. The maximum atomic E-state index is 5.47. The summed E-state index contributed by atoms with van der Waals surface area (Å²) in [6.45, 7) is 5.44. The summed E-state index contributed by atoms with van der Waals surface area (Å²) in [4.78, 5) is 6.79. The fourth-order valence-electron chi connectivity index (χ4n) is 5.28. The molecule has 9 heteroatoms. The van der Waals surface area contributed by atoms with Crippen molar-refractivity contribution in [2.45, 2.75) is 30.3 Å². The number of aryl methyl sites for hydroxylation is 2. The van der Waals surface area contributed by atoms with Crippen LogP contribution < -0.4 is 0 Å². The van der Waals surface area contributed by atoms with E-state index in [-0.39, 0.29) is 0 Å². The first-order valence-corrected chi connectivity index (χ1v) is 12.1. The van der Waals surface area contributed by atoms with Gasteiger partial charge in [0, 0.05) is 43.7 Å². The third-order valence-corrected chi connectivity index (χ3v) is 8.28. The van der Waals surface area contributed by atoms with Crippen LogP contribution in [0.2, 0.25) is 0 Å². The summed E-state index contributed by atoms with van der Waals surface area (Å²) in [5.41, 5.74) is 3.90. The molecule has 4 heterocycles. The molecule has 32 heavy (non-hydrogen) atoms. The van der Waals surface area contributed by atoms with E-state index in [1.54, 1.807) is 11.8 Å². The number of oxazole rings is 1. The van der Waals surface area contributed by atoms with Gasteiger partial charge in [0.25, 0.3) is 0 Å². The molecule has 0 amide bonds. The first kappa shape index (κ1) is 20.0. The van der Waals surface area contributed by atoms with Crippen molar-refractivity contribution in [2.24, 2.45) is 20.0 Å². The van der Waals surface area contributed by atoms with Crippen molar-refractivity contribution in [2.75, 3.05) is 25.4 Å². The Morgan fingerprint density at radius 3 is 3.00 bits per heavy atom. The van der Waals surface area contributed by atoms with E-state index in [4.69, 9.17) is 4.42 Å². The van der Waals surface area contributed by atoms with E-state index in [0.717, 1.165) is 41.3 Å². The molecule has 1 aliphatic carbocycles. The van der Waals surface area contributed by atoms with Crippen molar-refractivity contribution >= 4 is 22.7 Å². The van der Waals surface area contributed by atoms with Crippen LogP contribution >= 0.6 is 11.8 Å². The summed E-state index contributed by atoms with van der Waals surface area (Å²) in [5.74, 6) is 3.25. The van der Waals surface area contributed by atoms with E-state index in [2.05, 4.69) is 43.4 Å². The van der Waals surface area contributed by atoms with E-state index in [9.17, 15) is 0 Å². The minimum absolute atomic E-state index is 0.366. The van der Waals surface area contributed by atoms with Gasteiger partial charge in [-0.1, -0.05) is 17.8 Å². The van der Waals surface area contributed by atoms with Crippen LogP contribution in [-0.4, -0.2) is 59.8 Å². The van der Waals surface area contributed by atoms with Crippen LogP contribution in [0, 0.1) is 12.8 Å². The molecule has 2 aliphatic rings. The monoisotopic (exact) mass is 449 g/mol. The third kappa shape index (κ3) is 3.17. The summed E-state index contributed by atoms with van der Waals surface area (Å²) in [6, 6.07) is 6.92. The molecule has 0 radical (unpaired) electrons. The summed E-state index contributed by atoms with van der Waals surface area (Å²) >= 11 is 1.76. The minimum Gasteiger partial charge on any atom is -0.440 e. The first-order chi connectivity index (χ1) is 15.5. The van der Waals surface area contributed by atoms with E-state index in [0.29, 0.717) is 11.2 Å². The van der Waals surface area contributed by atoms with Gasteiger partial charge in [0.1, 0.15) is 0 Å². The molecule has 1 saturated carbocycles. The number of nitrogens with zero attached hydrogens (tertiary/aromatic N) is 7. The lowest BCUT2D eigenvalue weighted by Gasteiger charge is -2.21. The lowest BCUT2D eigenvalue weighted by atomic mass is 9.94. The van der Waals surface area contributed by atoms with Gasteiger partial charge in [-0.15, -0.1) is 10.2 Å². The lowest BCUT2D eigenvalue weighted by Crippen LogP contribution is -2.27. The zero-order valence-corrected chi connectivity index (χ0v) is 19.5. The molecule has 1 aliphatic heterocycles. The molecule has 0 N–H and O–H groups in total. The molecule has 4 aromatic rings. The second kappa shape index (κ2) is 7.45. The molecule has 0 spiro atoms. The standard InChI is InChI=1S/C23H27N7OS/c1-15-20(31-14-24-15)21-26-27-22(28(21)2)32-8-4-7-30-12-18-10-23(18,13-30)17-5-6-19-16(9-17)11-25-29(19)3/h5-6,9,11,14,18H,4,7-8,10,12-13H2,1-3H3/t18-,23?/m1/s1. The van der Waals surface area contributed by atoms with Crippen LogP contribution in [0.4, 0.5) is 0 Å². The highest BCUT2D eigenvalue weighted by molar-refractivity contribution is 7.99. The molecule has 8 nitrogen and oxygen atoms in total. The molecule has 1 saturated heterocycles. The number of aromatic nitrogens is 6. The summed E-state index contributed by atoms with van der Waals surface area (Å²) in [5, 5.41) is 15.2. The molecule has 2 fully saturated rings. The van der Waals surface area contributed by atoms with Crippen LogP contribution in [0.15, 0.2) is 40.4 Å². The summed E-state index contributed by atoms with van der Waals surface area (Å²) < 4.78 is 9.41. The fourth-order valence-corrected chi connectivity index (χ4v) is 6.12. The van der Waals surface area contributed by atoms with Crippen LogP contribution in [0.25, 0.3) is 22.5 Å². The normalized spacial score (nSPS) is 22.7. The minimum atomic E-state index is 0.366. The summed E-state index contributed by atoms with van der Waals surface area (Å²) in [7, 11) is 3.99. The van der Waals surface area contributed by atoms with Crippen molar-refractivity contribution in [1.29, 1.82) is 0 Å². The van der Waals surface area contributed by atoms with Crippen molar-refractivity contribution in [3.05, 3.63) is 42.0 Å². The smallest absolute Gasteiger partial charge is 0.202 e. The molecule has 1 aromatic carbocycles. The quantitative estimate of drug-likeness (QED) is 0.316. The van der Waals surface area contributed by atoms with E-state index in [1.165, 1.54) is 42.4 Å². The van der Waals surface area contributed by atoms with Crippen molar-refractivity contribution in [1.82, 2.24) is 34.4 Å². The Hall–Kier alpha value is -2.65. The number of thioether (sulfide) groups is 1. The predicted octanol–water partition coefficient (Wildman–Crippen LogP) is 3.42. The lowest BCUT2D eigenvalue weighted by molar-refractivity contribution is 0.299. The maximum absolute atomic E-state index is 5.47. The van der Waals surface area contributed by atoms with Gasteiger partial charge in [-0.2, -0.15) is 5.10 Å². The first-order valence-electron chi connectivity index (χ1n) is 11.1. The van der Waals surface area contributed by atoms with Gasteiger partial charge in [0.05, 0.1) is 17.4 Å². The second-order valence-electron chi connectivity index (χ2n) is 9.17. The molecule has 1 unspecified atom stereocenters. The van der Waals surface area contributed by atoms with Crippen LogP contribution in [0.1, 0.15) is 24.1 Å². The average molecular weight is 450 g/mol. The molecule has 3 aromatic heterocycles. The van der Waals surface area contributed by atoms with Gasteiger partial charge in [-0.05, 0) is 49.9 Å². The van der Waals surface area contributed by atoms with Gasteiger partial charge in [0.15, 0.2) is 17.3 Å². The fraction of sp³-hybridized carbons (Fsp3) is 0.478. The van der Waals surface area contributed by atoms with Gasteiger partial charge in [-0.25, -0.2) is 4.98 Å². The van der Waals surface area contributed by atoms with E-state index < -0.39 is 0 Å². The van der Waals surface area contributed by atoms with Crippen LogP contribution in [0.5, 0.6) is 0 Å².